The van der Waals surface area contributed by atoms with Crippen LogP contribution in [-0.4, -0.2) is 13.1 Å². The van der Waals surface area contributed by atoms with Crippen LogP contribution in [0.1, 0.15) is 13.3 Å². The van der Waals surface area contributed by atoms with Crippen LogP contribution >= 0.6 is 0 Å². The molecule has 1 nitrogen and oxygen atoms in total. The average Bonchev–Trinajstić information content (AvgIpc) is 2.18. The van der Waals surface area contributed by atoms with Gasteiger partial charge in [0.2, 0.25) is 0 Å². The van der Waals surface area contributed by atoms with E-state index in [9.17, 15) is 0 Å². The van der Waals surface area contributed by atoms with Crippen molar-refractivity contribution in [3.63, 3.8) is 0 Å². The third kappa shape index (κ3) is 1.55. The first kappa shape index (κ1) is 6.81. The van der Waals surface area contributed by atoms with E-state index in [0.29, 0.717) is 0 Å². The van der Waals surface area contributed by atoms with Gasteiger partial charge in [-0.3, -0.25) is 0 Å². The normalized spacial score (nSPS) is 34.8. The predicted octanol–water partition coefficient (Wildman–Crippen LogP) is 1.42. The molecule has 2 atom stereocenters. The zero-order valence-electron chi connectivity index (χ0n) is 6.06. The van der Waals surface area contributed by atoms with Crippen LogP contribution in [-0.2, 0) is 0 Å². The van der Waals surface area contributed by atoms with Gasteiger partial charge in [-0.1, -0.05) is 13.0 Å². The van der Waals surface area contributed by atoms with E-state index in [4.69, 9.17) is 0 Å². The molecule has 0 aromatic heterocycles. The van der Waals surface area contributed by atoms with E-state index in [1.165, 1.54) is 19.5 Å². The van der Waals surface area contributed by atoms with Gasteiger partial charge < -0.3 is 5.32 Å². The van der Waals surface area contributed by atoms with Crippen molar-refractivity contribution >= 4 is 0 Å². The van der Waals surface area contributed by atoms with Crippen LogP contribution in [0.5, 0.6) is 0 Å². The highest BCUT2D eigenvalue weighted by Gasteiger charge is 2.20. The van der Waals surface area contributed by atoms with Crippen LogP contribution in [0.4, 0.5) is 0 Å². The maximum absolute atomic E-state index is 3.73. The third-order valence-electron chi connectivity index (χ3n) is 2.15. The second-order valence-electron chi connectivity index (χ2n) is 2.92. The number of hydrogen-bond acceptors (Lipinski definition) is 1. The standard InChI is InChI=1S/C8H15N/c1-3-4-8-6-9-5-7(8)2/h3,7-9H,1,4-6H2,2H3/t7-,8+/m1/s1. The first-order valence-corrected chi connectivity index (χ1v) is 3.66. The summed E-state index contributed by atoms with van der Waals surface area (Å²) in [6.07, 6.45) is 3.20. The summed E-state index contributed by atoms with van der Waals surface area (Å²) in [4.78, 5) is 0. The largest absolute Gasteiger partial charge is 0.316 e. The molecule has 0 spiro atoms. The molecule has 0 unspecified atom stereocenters. The minimum Gasteiger partial charge on any atom is -0.316 e. The number of allylic oxidation sites excluding steroid dienone is 1. The molecule has 1 aliphatic rings. The van der Waals surface area contributed by atoms with Crippen molar-refractivity contribution in [3.8, 4) is 0 Å². The molecule has 52 valence electrons. The molecule has 0 aromatic carbocycles. The van der Waals surface area contributed by atoms with Crippen molar-refractivity contribution in [1.29, 1.82) is 0 Å². The van der Waals surface area contributed by atoms with Gasteiger partial charge in [0.25, 0.3) is 0 Å². The third-order valence-corrected chi connectivity index (χ3v) is 2.15. The lowest BCUT2D eigenvalue weighted by Gasteiger charge is -2.09. The van der Waals surface area contributed by atoms with Crippen molar-refractivity contribution < 1.29 is 0 Å². The maximum atomic E-state index is 3.73. The molecule has 1 heterocycles. The first-order valence-electron chi connectivity index (χ1n) is 3.66. The van der Waals surface area contributed by atoms with Gasteiger partial charge >= 0.3 is 0 Å². The Morgan fingerprint density at radius 1 is 1.67 bits per heavy atom. The predicted molar refractivity (Wildman–Crippen MR) is 40.3 cm³/mol. The Morgan fingerprint density at radius 3 is 2.89 bits per heavy atom. The molecule has 1 heteroatoms. The molecule has 1 aliphatic heterocycles. The molecule has 0 aromatic rings. The van der Waals surface area contributed by atoms with Crippen LogP contribution in [0.15, 0.2) is 12.7 Å². The summed E-state index contributed by atoms with van der Waals surface area (Å²) in [5.41, 5.74) is 0. The molecule has 1 fully saturated rings. The molecule has 0 radical (unpaired) electrons. The lowest BCUT2D eigenvalue weighted by molar-refractivity contribution is 0.458. The SMILES string of the molecule is C=CC[C@H]1CNC[C@H]1C. The van der Waals surface area contributed by atoms with Crippen LogP contribution in [0, 0.1) is 11.8 Å². The van der Waals surface area contributed by atoms with Gasteiger partial charge in [-0.05, 0) is 31.3 Å². The highest BCUT2D eigenvalue weighted by molar-refractivity contribution is 4.83. The Bertz CT molecular complexity index is 98.7. The summed E-state index contributed by atoms with van der Waals surface area (Å²) in [6.45, 7) is 8.41. The Balaban J connectivity index is 2.30. The van der Waals surface area contributed by atoms with Gasteiger partial charge in [-0.2, -0.15) is 0 Å². The molecule has 9 heavy (non-hydrogen) atoms. The molecular formula is C8H15N. The smallest absolute Gasteiger partial charge is 0.00144 e. The van der Waals surface area contributed by atoms with Gasteiger partial charge in [-0.25, -0.2) is 0 Å². The van der Waals surface area contributed by atoms with E-state index in [-0.39, 0.29) is 0 Å². The molecule has 0 amide bonds. The van der Waals surface area contributed by atoms with Crippen molar-refractivity contribution in [2.45, 2.75) is 13.3 Å². The quantitative estimate of drug-likeness (QED) is 0.550. The Labute approximate surface area is 57.1 Å². The highest BCUT2D eigenvalue weighted by Crippen LogP contribution is 2.18. The second-order valence-corrected chi connectivity index (χ2v) is 2.92. The number of hydrogen-bond donors (Lipinski definition) is 1. The molecule has 1 saturated heterocycles. The van der Waals surface area contributed by atoms with Crippen LogP contribution in [0.2, 0.25) is 0 Å². The topological polar surface area (TPSA) is 12.0 Å². The van der Waals surface area contributed by atoms with E-state index >= 15 is 0 Å². The molecule has 1 rings (SSSR count). The van der Waals surface area contributed by atoms with E-state index in [0.717, 1.165) is 11.8 Å². The highest BCUT2D eigenvalue weighted by atomic mass is 14.9. The maximum Gasteiger partial charge on any atom is -0.00144 e. The monoisotopic (exact) mass is 125 g/mol. The van der Waals surface area contributed by atoms with Gasteiger partial charge in [0.05, 0.1) is 0 Å². The van der Waals surface area contributed by atoms with Crippen molar-refractivity contribution in [2.75, 3.05) is 13.1 Å². The van der Waals surface area contributed by atoms with E-state index in [1.54, 1.807) is 0 Å². The van der Waals surface area contributed by atoms with Crippen LogP contribution in [0.3, 0.4) is 0 Å². The lowest BCUT2D eigenvalue weighted by atomic mass is 9.95. The van der Waals surface area contributed by atoms with Crippen LogP contribution in [0.25, 0.3) is 0 Å². The van der Waals surface area contributed by atoms with Gasteiger partial charge in [-0.15, -0.1) is 6.58 Å². The van der Waals surface area contributed by atoms with Crippen LogP contribution < -0.4 is 5.32 Å². The lowest BCUT2D eigenvalue weighted by Crippen LogP contribution is -2.08. The van der Waals surface area contributed by atoms with Crippen molar-refractivity contribution in [3.05, 3.63) is 12.7 Å². The minimum absolute atomic E-state index is 0.850. The molecule has 0 bridgehead atoms. The summed E-state index contributed by atoms with van der Waals surface area (Å²) in [6, 6.07) is 0. The number of nitrogens with one attached hydrogen (secondary N) is 1. The zero-order chi connectivity index (χ0) is 6.69. The average molecular weight is 125 g/mol. The van der Waals surface area contributed by atoms with Gasteiger partial charge in [0.1, 0.15) is 0 Å². The summed E-state index contributed by atoms with van der Waals surface area (Å²) >= 11 is 0. The molecule has 0 saturated carbocycles. The van der Waals surface area contributed by atoms with E-state index < -0.39 is 0 Å². The fourth-order valence-electron chi connectivity index (χ4n) is 1.39. The molecule has 1 N–H and O–H groups in total. The summed E-state index contributed by atoms with van der Waals surface area (Å²) in [5.74, 6) is 1.70. The molecule has 0 aliphatic carbocycles. The summed E-state index contributed by atoms with van der Waals surface area (Å²) in [7, 11) is 0. The second kappa shape index (κ2) is 3.02. The molecular weight excluding hydrogens is 110 g/mol. The summed E-state index contributed by atoms with van der Waals surface area (Å²) in [5, 5.41) is 3.36. The van der Waals surface area contributed by atoms with E-state index in [1.807, 2.05) is 6.08 Å². The fourth-order valence-corrected chi connectivity index (χ4v) is 1.39. The Morgan fingerprint density at radius 2 is 2.44 bits per heavy atom. The Hall–Kier alpha value is -0.300. The summed E-state index contributed by atoms with van der Waals surface area (Å²) < 4.78 is 0. The van der Waals surface area contributed by atoms with E-state index in [2.05, 4.69) is 18.8 Å². The fraction of sp³-hybridized carbons (Fsp3) is 0.750. The first-order chi connectivity index (χ1) is 4.34. The van der Waals surface area contributed by atoms with Crippen molar-refractivity contribution in [2.24, 2.45) is 11.8 Å². The zero-order valence-corrected chi connectivity index (χ0v) is 6.06. The van der Waals surface area contributed by atoms with Crippen molar-refractivity contribution in [1.82, 2.24) is 5.32 Å². The Kier molecular flexibility index (Phi) is 2.29. The minimum atomic E-state index is 0.850. The van der Waals surface area contributed by atoms with Gasteiger partial charge in [0, 0.05) is 0 Å². The number of rotatable bonds is 2. The van der Waals surface area contributed by atoms with Gasteiger partial charge in [0.15, 0.2) is 0 Å².